The van der Waals surface area contributed by atoms with Crippen molar-refractivity contribution in [1.29, 1.82) is 0 Å². The van der Waals surface area contributed by atoms with E-state index in [0.717, 1.165) is 6.42 Å². The molecule has 2 amide bonds. The molecule has 2 aliphatic carbocycles. The summed E-state index contributed by atoms with van der Waals surface area (Å²) in [6.07, 6.45) is 0.910. The normalized spacial score (nSPS) is 37.0. The highest BCUT2D eigenvalue weighted by Crippen LogP contribution is 2.60. The van der Waals surface area contributed by atoms with Crippen LogP contribution in [0.2, 0.25) is 0 Å². The van der Waals surface area contributed by atoms with E-state index in [1.54, 1.807) is 24.3 Å². The average Bonchev–Trinajstić information content (AvgIpc) is 3.19. The first kappa shape index (κ1) is 16.3. The van der Waals surface area contributed by atoms with Gasteiger partial charge in [-0.25, -0.2) is 4.79 Å². The molecule has 1 aliphatic heterocycles. The minimum absolute atomic E-state index is 0.118. The number of nitrogens with zero attached hydrogens (tertiary/aromatic N) is 1. The Balaban J connectivity index is 1.65. The van der Waals surface area contributed by atoms with E-state index in [-0.39, 0.29) is 45.1 Å². The Labute approximate surface area is 156 Å². The average molecular weight is 457 g/mol. The largest absolute Gasteiger partial charge is 0.465 e. The maximum atomic E-state index is 12.9. The van der Waals surface area contributed by atoms with Crippen molar-refractivity contribution in [2.75, 3.05) is 12.0 Å². The van der Waals surface area contributed by atoms with Crippen LogP contribution in [0.1, 0.15) is 16.8 Å². The number of methoxy groups -OCH3 is 1. The molecule has 4 rings (SSSR count). The topological polar surface area (TPSA) is 63.7 Å². The van der Waals surface area contributed by atoms with Crippen molar-refractivity contribution >= 4 is 55.3 Å². The van der Waals surface area contributed by atoms with Crippen molar-refractivity contribution in [2.45, 2.75) is 16.1 Å². The third kappa shape index (κ3) is 2.07. The molecule has 0 spiro atoms. The summed E-state index contributed by atoms with van der Waals surface area (Å²) in [6.45, 7) is 0. The highest BCUT2D eigenvalue weighted by molar-refractivity contribution is 9.12. The standard InChI is InChI=1S/C17H15Br2NO4/c1-24-17(23)7-2-4-8(5-3-7)20-15(21)11-9-6-10(12(11)16(20)22)14(19)13(9)18/h2-5,9-14H,6H2,1H3/t9-,10-,11-,12-,13-,14+/m0/s1. The highest BCUT2D eigenvalue weighted by atomic mass is 79.9. The lowest BCUT2D eigenvalue weighted by Crippen LogP contribution is -2.37. The first-order valence-electron chi connectivity index (χ1n) is 7.80. The first-order chi connectivity index (χ1) is 11.5. The molecule has 1 aromatic carbocycles. The van der Waals surface area contributed by atoms with Crippen LogP contribution >= 0.6 is 31.9 Å². The zero-order chi connectivity index (χ0) is 17.2. The van der Waals surface area contributed by atoms with Gasteiger partial charge in [0, 0.05) is 9.65 Å². The summed E-state index contributed by atoms with van der Waals surface area (Å²) >= 11 is 7.35. The van der Waals surface area contributed by atoms with Gasteiger partial charge in [0.15, 0.2) is 0 Å². The number of hydrogen-bond donors (Lipinski definition) is 0. The van der Waals surface area contributed by atoms with Crippen molar-refractivity contribution < 1.29 is 19.1 Å². The molecule has 0 N–H and O–H groups in total. The molecule has 1 saturated heterocycles. The predicted molar refractivity (Wildman–Crippen MR) is 94.3 cm³/mol. The number of hydrogen-bond acceptors (Lipinski definition) is 4. The molecule has 0 radical (unpaired) electrons. The second-order valence-electron chi connectivity index (χ2n) is 6.55. The van der Waals surface area contributed by atoms with Crippen molar-refractivity contribution in [1.82, 2.24) is 0 Å². The van der Waals surface area contributed by atoms with Crippen LogP contribution in [-0.2, 0) is 14.3 Å². The number of halogens is 2. The molecule has 2 saturated carbocycles. The Bertz CT molecular complexity index is 703. The Kier molecular flexibility index (Phi) is 3.84. The van der Waals surface area contributed by atoms with Gasteiger partial charge in [-0.05, 0) is 42.5 Å². The molecule has 2 bridgehead atoms. The fourth-order valence-corrected chi connectivity index (χ4v) is 6.34. The van der Waals surface area contributed by atoms with Crippen molar-refractivity contribution in [3.63, 3.8) is 0 Å². The lowest BCUT2D eigenvalue weighted by molar-refractivity contribution is -0.123. The third-order valence-electron chi connectivity index (χ3n) is 5.53. The van der Waals surface area contributed by atoms with Crippen molar-refractivity contribution in [3.05, 3.63) is 29.8 Å². The second kappa shape index (κ2) is 5.66. The fraction of sp³-hybridized carbons (Fsp3) is 0.471. The monoisotopic (exact) mass is 455 g/mol. The number of carbonyl (C=O) groups excluding carboxylic acids is 3. The van der Waals surface area contributed by atoms with Crippen LogP contribution in [0.15, 0.2) is 24.3 Å². The number of fused-ring (bicyclic) bond motifs is 5. The summed E-state index contributed by atoms with van der Waals surface area (Å²) in [7, 11) is 1.31. The lowest BCUT2D eigenvalue weighted by atomic mass is 9.81. The Morgan fingerprint density at radius 3 is 2.00 bits per heavy atom. The van der Waals surface area contributed by atoms with Gasteiger partial charge in [0.05, 0.1) is 30.2 Å². The number of rotatable bonds is 2. The molecule has 3 aliphatic rings. The highest BCUT2D eigenvalue weighted by Gasteiger charge is 2.66. The van der Waals surface area contributed by atoms with Gasteiger partial charge in [0.2, 0.25) is 11.8 Å². The predicted octanol–water partition coefficient (Wildman–Crippen LogP) is 2.76. The third-order valence-corrected chi connectivity index (χ3v) is 8.74. The van der Waals surface area contributed by atoms with Crippen LogP contribution in [-0.4, -0.2) is 34.5 Å². The fourth-order valence-electron chi connectivity index (χ4n) is 4.47. The van der Waals surface area contributed by atoms with Crippen molar-refractivity contribution in [2.24, 2.45) is 23.7 Å². The van der Waals surface area contributed by atoms with Gasteiger partial charge >= 0.3 is 5.97 Å². The van der Waals surface area contributed by atoms with Crippen LogP contribution in [0, 0.1) is 23.7 Å². The molecule has 3 fully saturated rings. The summed E-state index contributed by atoms with van der Waals surface area (Å²) in [6, 6.07) is 6.40. The lowest BCUT2D eigenvalue weighted by Gasteiger charge is -2.28. The van der Waals surface area contributed by atoms with E-state index in [0.29, 0.717) is 11.3 Å². The van der Waals surface area contributed by atoms with Gasteiger partial charge in [0.25, 0.3) is 0 Å². The van der Waals surface area contributed by atoms with E-state index in [4.69, 9.17) is 0 Å². The molecule has 1 aromatic rings. The molecular formula is C17H15Br2NO4. The minimum Gasteiger partial charge on any atom is -0.465 e. The summed E-state index contributed by atoms with van der Waals surface area (Å²) in [5, 5.41) is 0. The van der Waals surface area contributed by atoms with Crippen LogP contribution in [0.5, 0.6) is 0 Å². The van der Waals surface area contributed by atoms with Crippen molar-refractivity contribution in [3.8, 4) is 0 Å². The van der Waals surface area contributed by atoms with Crippen LogP contribution in [0.4, 0.5) is 5.69 Å². The van der Waals surface area contributed by atoms with E-state index in [2.05, 4.69) is 36.6 Å². The summed E-state index contributed by atoms with van der Waals surface area (Å²) in [5.41, 5.74) is 0.908. The number of ether oxygens (including phenoxy) is 1. The number of anilines is 1. The number of amides is 2. The second-order valence-corrected chi connectivity index (χ2v) is 8.67. The van der Waals surface area contributed by atoms with E-state index >= 15 is 0 Å². The molecule has 0 aromatic heterocycles. The minimum atomic E-state index is -0.445. The Morgan fingerprint density at radius 1 is 1.04 bits per heavy atom. The van der Waals surface area contributed by atoms with Gasteiger partial charge in [-0.2, -0.15) is 0 Å². The number of imide groups is 1. The van der Waals surface area contributed by atoms with Gasteiger partial charge < -0.3 is 4.74 Å². The molecular weight excluding hydrogens is 442 g/mol. The molecule has 1 heterocycles. The van der Waals surface area contributed by atoms with E-state index < -0.39 is 5.97 Å². The maximum absolute atomic E-state index is 12.9. The Morgan fingerprint density at radius 2 is 1.54 bits per heavy atom. The van der Waals surface area contributed by atoms with E-state index in [1.807, 2.05) is 0 Å². The quantitative estimate of drug-likeness (QED) is 0.390. The zero-order valence-corrected chi connectivity index (χ0v) is 16.0. The number of benzene rings is 1. The smallest absolute Gasteiger partial charge is 0.337 e. The van der Waals surface area contributed by atoms with Gasteiger partial charge in [0.1, 0.15) is 0 Å². The van der Waals surface area contributed by atoms with Gasteiger partial charge in [-0.3, -0.25) is 14.5 Å². The van der Waals surface area contributed by atoms with Crippen LogP contribution < -0.4 is 4.90 Å². The van der Waals surface area contributed by atoms with Crippen LogP contribution in [0.3, 0.4) is 0 Å². The van der Waals surface area contributed by atoms with E-state index in [9.17, 15) is 14.4 Å². The SMILES string of the molecule is COC(=O)c1ccc(N2C(=O)[C@H]3[C@@H]4C[C@H]([C@@H](Br)[C@H]4Br)[C@@H]3C2=O)cc1. The Hall–Kier alpha value is -1.21. The maximum Gasteiger partial charge on any atom is 0.337 e. The summed E-state index contributed by atoms with van der Waals surface area (Å²) in [5.74, 6) is -0.763. The number of esters is 1. The number of carbonyl (C=O) groups is 3. The van der Waals surface area contributed by atoms with E-state index in [1.165, 1.54) is 12.0 Å². The molecule has 24 heavy (non-hydrogen) atoms. The molecule has 126 valence electrons. The molecule has 6 atom stereocenters. The first-order valence-corrected chi connectivity index (χ1v) is 9.63. The zero-order valence-electron chi connectivity index (χ0n) is 12.8. The summed E-state index contributed by atoms with van der Waals surface area (Å²) in [4.78, 5) is 39.0. The van der Waals surface area contributed by atoms with Gasteiger partial charge in [-0.1, -0.05) is 31.9 Å². The summed E-state index contributed by atoms with van der Waals surface area (Å²) < 4.78 is 4.67. The van der Waals surface area contributed by atoms with Crippen LogP contribution in [0.25, 0.3) is 0 Å². The molecule has 0 unspecified atom stereocenters. The molecule has 5 nitrogen and oxygen atoms in total. The molecule has 7 heteroatoms. The number of alkyl halides is 2. The van der Waals surface area contributed by atoms with Gasteiger partial charge in [-0.15, -0.1) is 0 Å².